The van der Waals surface area contributed by atoms with Crippen LogP contribution in [0.3, 0.4) is 0 Å². The number of nitrogens with zero attached hydrogens (tertiary/aromatic N) is 4. The van der Waals surface area contributed by atoms with Crippen molar-refractivity contribution in [2.24, 2.45) is 5.11 Å². The molecule has 1 rings (SSSR count). The summed E-state index contributed by atoms with van der Waals surface area (Å²) in [5, 5.41) is 23.3. The van der Waals surface area contributed by atoms with Crippen LogP contribution in [0.4, 0.5) is 11.4 Å². The lowest BCUT2D eigenvalue weighted by Gasteiger charge is -2.15. The number of carboxylic acids is 1. The van der Waals surface area contributed by atoms with Crippen LogP contribution >= 0.6 is 32.6 Å². The van der Waals surface area contributed by atoms with Gasteiger partial charge < -0.3 is 5.11 Å². The van der Waals surface area contributed by atoms with Gasteiger partial charge in [0, 0.05) is 11.0 Å². The Balaban J connectivity index is 3.59. The first-order valence-corrected chi connectivity index (χ1v) is 12.5. The SMILES string of the molecule is C[Si](C)(C)SSc1c([N+](=O)[O-])cc(C(=O)O)c(N=[N+]=[N-])c1Cl. The third-order valence-corrected chi connectivity index (χ3v) is 11.3. The molecule has 12 heteroatoms. The molecule has 0 aliphatic rings. The van der Waals surface area contributed by atoms with Crippen LogP contribution in [0.5, 0.6) is 0 Å². The largest absolute Gasteiger partial charge is 0.478 e. The van der Waals surface area contributed by atoms with Crippen LogP contribution in [0, 0.1) is 10.1 Å². The molecule has 0 atom stereocenters. The summed E-state index contributed by atoms with van der Waals surface area (Å²) in [5.41, 5.74) is 7.30. The summed E-state index contributed by atoms with van der Waals surface area (Å²) < 4.78 is 0. The number of carboxylic acid groups (broad SMARTS) is 1. The number of nitro benzene ring substituents is 1. The van der Waals surface area contributed by atoms with E-state index in [1.165, 1.54) is 10.2 Å². The number of aromatic carboxylic acids is 1. The zero-order valence-corrected chi connectivity index (χ0v) is 15.1. The van der Waals surface area contributed by atoms with Crippen LogP contribution in [0.15, 0.2) is 16.1 Å². The summed E-state index contributed by atoms with van der Waals surface area (Å²) in [7, 11) is 0.943. The fraction of sp³-hybridized carbons (Fsp3) is 0.300. The molecule has 0 aliphatic carbocycles. The third kappa shape index (κ3) is 4.55. The van der Waals surface area contributed by atoms with E-state index in [1.807, 2.05) is 19.6 Å². The first-order valence-electron chi connectivity index (χ1n) is 5.73. The van der Waals surface area contributed by atoms with Gasteiger partial charge in [-0.15, -0.1) is 10.2 Å². The molecule has 0 saturated heterocycles. The predicted molar refractivity (Wildman–Crippen MR) is 90.7 cm³/mol. The highest BCUT2D eigenvalue weighted by Crippen LogP contribution is 2.49. The van der Waals surface area contributed by atoms with Gasteiger partial charge in [0.1, 0.15) is 12.1 Å². The number of nitro groups is 1. The van der Waals surface area contributed by atoms with E-state index >= 15 is 0 Å². The van der Waals surface area contributed by atoms with Gasteiger partial charge >= 0.3 is 5.97 Å². The summed E-state index contributed by atoms with van der Waals surface area (Å²) in [5.74, 6) is -1.46. The van der Waals surface area contributed by atoms with Crippen LogP contribution in [-0.4, -0.2) is 23.2 Å². The maximum atomic E-state index is 11.2. The predicted octanol–water partition coefficient (Wildman–Crippen LogP) is 5.46. The number of azide groups is 1. The number of halogens is 1. The molecule has 22 heavy (non-hydrogen) atoms. The zero-order chi connectivity index (χ0) is 17.1. The fourth-order valence-electron chi connectivity index (χ4n) is 1.30. The Hall–Kier alpha value is -1.39. The molecule has 0 unspecified atom stereocenters. The second-order valence-corrected chi connectivity index (χ2v) is 16.5. The lowest BCUT2D eigenvalue weighted by Crippen LogP contribution is -2.11. The van der Waals surface area contributed by atoms with Gasteiger partial charge in [-0.2, -0.15) is 0 Å². The molecule has 0 aromatic heterocycles. The van der Waals surface area contributed by atoms with E-state index in [4.69, 9.17) is 22.2 Å². The Morgan fingerprint density at radius 3 is 2.55 bits per heavy atom. The van der Waals surface area contributed by atoms with Crippen molar-refractivity contribution in [3.63, 3.8) is 0 Å². The molecule has 0 bridgehead atoms. The van der Waals surface area contributed by atoms with Crippen molar-refractivity contribution in [2.75, 3.05) is 0 Å². The van der Waals surface area contributed by atoms with Crippen molar-refractivity contribution in [3.8, 4) is 0 Å². The second kappa shape index (κ2) is 7.25. The van der Waals surface area contributed by atoms with Crippen LogP contribution in [0.2, 0.25) is 24.7 Å². The summed E-state index contributed by atoms with van der Waals surface area (Å²) >= 11 is 6.06. The Bertz CT molecular complexity index is 688. The van der Waals surface area contributed by atoms with E-state index in [-0.39, 0.29) is 15.6 Å². The van der Waals surface area contributed by atoms with Crippen molar-refractivity contribution in [3.05, 3.63) is 37.2 Å². The quantitative estimate of drug-likeness (QED) is 0.133. The molecule has 118 valence electrons. The van der Waals surface area contributed by atoms with Gasteiger partial charge in [0.05, 0.1) is 21.2 Å². The number of rotatable bonds is 6. The first-order chi connectivity index (χ1) is 10.1. The Kier molecular flexibility index (Phi) is 6.14. The Morgan fingerprint density at radius 2 is 2.14 bits per heavy atom. The number of carbonyl (C=O) groups is 1. The average molecular weight is 379 g/mol. The molecule has 0 aliphatic heterocycles. The zero-order valence-electron chi connectivity index (χ0n) is 11.7. The average Bonchev–Trinajstić information content (AvgIpc) is 2.37. The molecular formula is C10H11ClN4O4S2Si. The molecule has 0 spiro atoms. The van der Waals surface area contributed by atoms with E-state index in [2.05, 4.69) is 10.0 Å². The molecule has 0 saturated carbocycles. The van der Waals surface area contributed by atoms with Gasteiger partial charge in [0.15, 0.2) is 0 Å². The molecule has 0 fully saturated rings. The topological polar surface area (TPSA) is 129 Å². The molecule has 1 N–H and O–H groups in total. The first kappa shape index (κ1) is 18.7. The Labute approximate surface area is 139 Å². The van der Waals surface area contributed by atoms with Crippen molar-refractivity contribution >= 4 is 57.2 Å². The number of benzene rings is 1. The van der Waals surface area contributed by atoms with E-state index in [1.54, 1.807) is 0 Å². The van der Waals surface area contributed by atoms with Gasteiger partial charge in [-0.1, -0.05) is 47.2 Å². The smallest absolute Gasteiger partial charge is 0.336 e. The highest BCUT2D eigenvalue weighted by atomic mass is 35.5. The van der Waals surface area contributed by atoms with E-state index in [9.17, 15) is 14.9 Å². The highest BCUT2D eigenvalue weighted by Gasteiger charge is 2.28. The van der Waals surface area contributed by atoms with E-state index in [0.717, 1.165) is 16.9 Å². The molecule has 1 aromatic rings. The van der Waals surface area contributed by atoms with Crippen LogP contribution in [0.25, 0.3) is 10.4 Å². The minimum absolute atomic E-state index is 0.0893. The van der Waals surface area contributed by atoms with Gasteiger partial charge in [0.25, 0.3) is 5.69 Å². The molecule has 8 nitrogen and oxygen atoms in total. The third-order valence-electron chi connectivity index (χ3n) is 2.12. The summed E-state index contributed by atoms with van der Waals surface area (Å²) in [6.07, 6.45) is 0. The fourth-order valence-corrected chi connectivity index (χ4v) is 7.01. The van der Waals surface area contributed by atoms with Crippen molar-refractivity contribution in [1.29, 1.82) is 0 Å². The van der Waals surface area contributed by atoms with Crippen molar-refractivity contribution in [2.45, 2.75) is 24.5 Å². The lowest BCUT2D eigenvalue weighted by molar-refractivity contribution is -0.387. The summed E-state index contributed by atoms with van der Waals surface area (Å²) in [6, 6.07) is 0.866. The van der Waals surface area contributed by atoms with Crippen LogP contribution in [0.1, 0.15) is 10.4 Å². The summed E-state index contributed by atoms with van der Waals surface area (Å²) in [6.45, 7) is 6.14. The van der Waals surface area contributed by atoms with E-state index in [0.29, 0.717) is 0 Å². The molecule has 0 radical (unpaired) electrons. The standard InChI is InChI=1S/C10H11ClN4O4S2Si/c1-22(2,3)21-20-9-6(15(18)19)4-5(10(16)17)8(7(9)11)13-14-12/h4H,1-3H3,(H,16,17). The minimum atomic E-state index is -1.61. The van der Waals surface area contributed by atoms with Gasteiger partial charge in [-0.05, 0) is 5.53 Å². The normalized spacial score (nSPS) is 10.9. The molecular weight excluding hydrogens is 368 g/mol. The van der Waals surface area contributed by atoms with Gasteiger partial charge in [-0.25, -0.2) is 4.79 Å². The highest BCUT2D eigenvalue weighted by molar-refractivity contribution is 8.87. The minimum Gasteiger partial charge on any atom is -0.478 e. The van der Waals surface area contributed by atoms with Crippen molar-refractivity contribution < 1.29 is 14.8 Å². The maximum absolute atomic E-state index is 11.2. The summed E-state index contributed by atoms with van der Waals surface area (Å²) in [4.78, 5) is 24.3. The maximum Gasteiger partial charge on any atom is 0.336 e. The van der Waals surface area contributed by atoms with Gasteiger partial charge in [0.2, 0.25) is 0 Å². The van der Waals surface area contributed by atoms with Crippen molar-refractivity contribution in [1.82, 2.24) is 0 Å². The lowest BCUT2D eigenvalue weighted by atomic mass is 10.1. The molecule has 1 aromatic carbocycles. The second-order valence-electron chi connectivity index (χ2n) is 4.97. The number of hydrogen-bond acceptors (Lipinski definition) is 6. The van der Waals surface area contributed by atoms with Crippen LogP contribution in [-0.2, 0) is 0 Å². The Morgan fingerprint density at radius 1 is 1.55 bits per heavy atom. The monoisotopic (exact) mass is 378 g/mol. The molecule has 0 amide bonds. The van der Waals surface area contributed by atoms with E-state index < -0.39 is 29.4 Å². The van der Waals surface area contributed by atoms with Gasteiger partial charge in [-0.3, -0.25) is 10.1 Å². The number of hydrogen-bond donors (Lipinski definition) is 1. The molecule has 0 heterocycles. The van der Waals surface area contributed by atoms with Crippen LogP contribution < -0.4 is 0 Å².